The molecule has 2 aromatic carbocycles. The first-order valence-corrected chi connectivity index (χ1v) is 11.2. The van der Waals surface area contributed by atoms with Gasteiger partial charge in [0.1, 0.15) is 12.6 Å². The molecule has 1 N–H and O–H groups in total. The lowest BCUT2D eigenvalue weighted by molar-refractivity contribution is -0.141. The van der Waals surface area contributed by atoms with Gasteiger partial charge in [-0.25, -0.2) is 9.59 Å². The first kappa shape index (κ1) is 20.1. The van der Waals surface area contributed by atoms with Crippen LogP contribution in [0.4, 0.5) is 4.79 Å². The number of ether oxygens (including phenoxy) is 1. The summed E-state index contributed by atoms with van der Waals surface area (Å²) in [6, 6.07) is 15.7. The summed E-state index contributed by atoms with van der Waals surface area (Å²) in [5, 5.41) is 9.72. The van der Waals surface area contributed by atoms with Crippen molar-refractivity contribution >= 4 is 12.1 Å². The quantitative estimate of drug-likeness (QED) is 0.811. The highest BCUT2D eigenvalue weighted by Crippen LogP contribution is 2.44. The van der Waals surface area contributed by atoms with Gasteiger partial charge in [-0.2, -0.15) is 0 Å². The van der Waals surface area contributed by atoms with Crippen molar-refractivity contribution in [3.8, 4) is 11.1 Å². The van der Waals surface area contributed by atoms with Crippen molar-refractivity contribution in [1.29, 1.82) is 0 Å². The molecule has 2 unspecified atom stereocenters. The van der Waals surface area contributed by atoms with E-state index in [0.717, 1.165) is 37.1 Å². The fourth-order valence-corrected chi connectivity index (χ4v) is 5.47. The van der Waals surface area contributed by atoms with Gasteiger partial charge in [0.05, 0.1) is 0 Å². The van der Waals surface area contributed by atoms with Gasteiger partial charge in [-0.3, -0.25) is 9.80 Å². The molecule has 0 saturated carbocycles. The van der Waals surface area contributed by atoms with Crippen molar-refractivity contribution in [1.82, 2.24) is 9.80 Å². The minimum absolute atomic E-state index is 0.0277. The topological polar surface area (TPSA) is 70.1 Å². The number of carbonyl (C=O) groups is 2. The zero-order valence-electron chi connectivity index (χ0n) is 17.6. The van der Waals surface area contributed by atoms with Gasteiger partial charge in [0.15, 0.2) is 0 Å². The molecule has 2 saturated heterocycles. The third-order valence-corrected chi connectivity index (χ3v) is 7.04. The van der Waals surface area contributed by atoms with Crippen LogP contribution >= 0.6 is 0 Å². The zero-order valence-corrected chi connectivity index (χ0v) is 17.6. The minimum Gasteiger partial charge on any atom is -0.480 e. The molecule has 1 amide bonds. The normalized spacial score (nSPS) is 23.4. The Bertz CT molecular complexity index is 939. The van der Waals surface area contributed by atoms with Gasteiger partial charge in [-0.1, -0.05) is 55.0 Å². The molecule has 6 heteroatoms. The molecule has 6 nitrogen and oxygen atoms in total. The van der Waals surface area contributed by atoms with Crippen LogP contribution in [0.25, 0.3) is 11.1 Å². The van der Waals surface area contributed by atoms with Gasteiger partial charge in [0.2, 0.25) is 0 Å². The van der Waals surface area contributed by atoms with Crippen LogP contribution in [0, 0.1) is 0 Å². The lowest BCUT2D eigenvalue weighted by Crippen LogP contribution is -2.43. The highest BCUT2D eigenvalue weighted by Gasteiger charge is 2.43. The maximum Gasteiger partial charge on any atom is 0.410 e. The molecule has 0 spiro atoms. The summed E-state index contributed by atoms with van der Waals surface area (Å²) < 4.78 is 5.74. The van der Waals surface area contributed by atoms with Crippen LogP contribution in [0.3, 0.4) is 0 Å². The Labute approximate surface area is 182 Å². The second kappa shape index (κ2) is 8.35. The summed E-state index contributed by atoms with van der Waals surface area (Å²) in [4.78, 5) is 28.6. The maximum atomic E-state index is 13.0. The number of amides is 1. The smallest absolute Gasteiger partial charge is 0.410 e. The van der Waals surface area contributed by atoms with E-state index in [9.17, 15) is 14.7 Å². The van der Waals surface area contributed by atoms with Crippen LogP contribution in [0.5, 0.6) is 0 Å². The van der Waals surface area contributed by atoms with Crippen molar-refractivity contribution in [3.63, 3.8) is 0 Å². The summed E-state index contributed by atoms with van der Waals surface area (Å²) in [7, 11) is 0. The Morgan fingerprint density at radius 3 is 2.16 bits per heavy atom. The largest absolute Gasteiger partial charge is 0.480 e. The van der Waals surface area contributed by atoms with Gasteiger partial charge >= 0.3 is 12.1 Å². The Balaban J connectivity index is 1.30. The molecule has 2 aliphatic heterocycles. The second-order valence-corrected chi connectivity index (χ2v) is 8.80. The summed E-state index contributed by atoms with van der Waals surface area (Å²) in [6.07, 6.45) is 3.45. The number of hydrogen-bond donors (Lipinski definition) is 1. The Hall–Kier alpha value is -2.86. The van der Waals surface area contributed by atoms with Crippen LogP contribution in [0.15, 0.2) is 48.5 Å². The first-order valence-electron chi connectivity index (χ1n) is 11.2. The van der Waals surface area contributed by atoms with E-state index >= 15 is 0 Å². The van der Waals surface area contributed by atoms with Crippen LogP contribution < -0.4 is 0 Å². The number of piperidine rings is 1. The zero-order chi connectivity index (χ0) is 21.4. The van der Waals surface area contributed by atoms with Crippen LogP contribution in [-0.4, -0.2) is 65.3 Å². The molecule has 0 radical (unpaired) electrons. The number of nitrogens with zero attached hydrogens (tertiary/aromatic N) is 2. The van der Waals surface area contributed by atoms with E-state index in [4.69, 9.17) is 4.74 Å². The summed E-state index contributed by atoms with van der Waals surface area (Å²) >= 11 is 0. The van der Waals surface area contributed by atoms with Crippen molar-refractivity contribution in [2.24, 2.45) is 0 Å². The highest BCUT2D eigenvalue weighted by atomic mass is 16.6. The lowest BCUT2D eigenvalue weighted by atomic mass is 9.98. The predicted octanol–water partition coefficient (Wildman–Crippen LogP) is 3.95. The predicted molar refractivity (Wildman–Crippen MR) is 117 cm³/mol. The fourth-order valence-electron chi connectivity index (χ4n) is 5.47. The number of likely N-dealkylation sites (tertiary alicyclic amines) is 2. The molecule has 0 bridgehead atoms. The second-order valence-electron chi connectivity index (χ2n) is 8.80. The molecule has 2 fully saturated rings. The fraction of sp³-hybridized carbons (Fsp3) is 0.440. The van der Waals surface area contributed by atoms with E-state index in [-0.39, 0.29) is 18.6 Å². The Kier molecular flexibility index (Phi) is 5.40. The molecule has 5 rings (SSSR count). The number of aliphatic carboxylic acids is 1. The number of benzene rings is 2. The number of rotatable bonds is 4. The third kappa shape index (κ3) is 3.69. The van der Waals surface area contributed by atoms with E-state index in [1.165, 1.54) is 22.4 Å². The average molecular weight is 421 g/mol. The molecule has 2 aromatic rings. The maximum absolute atomic E-state index is 13.0. The molecule has 1 aliphatic carbocycles. The van der Waals surface area contributed by atoms with E-state index in [2.05, 4.69) is 29.2 Å². The lowest BCUT2D eigenvalue weighted by Gasteiger charge is -2.31. The van der Waals surface area contributed by atoms with Gasteiger partial charge in [0, 0.05) is 18.5 Å². The number of carboxylic acid groups (broad SMARTS) is 1. The SMILES string of the molecule is O=C(O)C1CC(N2CCCCC2)CN1C(=O)OCC1c2ccccc2-c2ccccc21. The van der Waals surface area contributed by atoms with Gasteiger partial charge in [-0.05, 0) is 54.6 Å². The third-order valence-electron chi connectivity index (χ3n) is 7.04. The Morgan fingerprint density at radius 1 is 0.935 bits per heavy atom. The standard InChI is InChI=1S/C25H28N2O4/c28-24(29)23-14-17(26-12-6-1-7-13-26)15-27(23)25(30)31-16-22-20-10-4-2-8-18(20)19-9-3-5-11-21(19)22/h2-5,8-11,17,22-23H,1,6-7,12-16H2,(H,28,29). The van der Waals surface area contributed by atoms with Crippen LogP contribution in [0.1, 0.15) is 42.7 Å². The molecule has 2 atom stereocenters. The van der Waals surface area contributed by atoms with Crippen LogP contribution in [-0.2, 0) is 9.53 Å². The van der Waals surface area contributed by atoms with Crippen molar-refractivity contribution in [3.05, 3.63) is 59.7 Å². The van der Waals surface area contributed by atoms with Gasteiger partial charge < -0.3 is 9.84 Å². The average Bonchev–Trinajstić information content (AvgIpc) is 3.39. The Morgan fingerprint density at radius 2 is 1.55 bits per heavy atom. The van der Waals surface area contributed by atoms with E-state index in [0.29, 0.717) is 13.0 Å². The van der Waals surface area contributed by atoms with E-state index < -0.39 is 18.1 Å². The van der Waals surface area contributed by atoms with Crippen molar-refractivity contribution in [2.45, 2.75) is 43.7 Å². The number of carbonyl (C=O) groups excluding carboxylic acids is 1. The van der Waals surface area contributed by atoms with Crippen molar-refractivity contribution < 1.29 is 19.4 Å². The van der Waals surface area contributed by atoms with E-state index in [1.807, 2.05) is 24.3 Å². The molecular weight excluding hydrogens is 392 g/mol. The molecular formula is C25H28N2O4. The first-order chi connectivity index (χ1) is 15.1. The van der Waals surface area contributed by atoms with Crippen LogP contribution in [0.2, 0.25) is 0 Å². The molecule has 3 aliphatic rings. The summed E-state index contributed by atoms with van der Waals surface area (Å²) in [6.45, 7) is 2.60. The highest BCUT2D eigenvalue weighted by molar-refractivity contribution is 5.82. The van der Waals surface area contributed by atoms with E-state index in [1.54, 1.807) is 0 Å². The van der Waals surface area contributed by atoms with Crippen molar-refractivity contribution in [2.75, 3.05) is 26.2 Å². The molecule has 2 heterocycles. The molecule has 162 valence electrons. The number of carboxylic acids is 1. The monoisotopic (exact) mass is 420 g/mol. The summed E-state index contributed by atoms with van der Waals surface area (Å²) in [5.74, 6) is -0.979. The molecule has 0 aromatic heterocycles. The number of fused-ring (bicyclic) bond motifs is 3. The number of hydrogen-bond acceptors (Lipinski definition) is 4. The summed E-state index contributed by atoms with van der Waals surface area (Å²) in [5.41, 5.74) is 4.65. The molecule has 31 heavy (non-hydrogen) atoms. The van der Waals surface area contributed by atoms with Gasteiger partial charge in [-0.15, -0.1) is 0 Å². The van der Waals surface area contributed by atoms with Gasteiger partial charge in [0.25, 0.3) is 0 Å². The minimum atomic E-state index is -0.951.